The van der Waals surface area contributed by atoms with Crippen LogP contribution in [0.25, 0.3) is 0 Å². The lowest BCUT2D eigenvalue weighted by atomic mass is 10.0. The van der Waals surface area contributed by atoms with Crippen molar-refractivity contribution < 1.29 is 9.90 Å². The number of carbonyl (C=O) groups is 1. The molecular formula is C15H22N2O2. The first-order chi connectivity index (χ1) is 9.10. The minimum absolute atomic E-state index is 0.0241. The average molecular weight is 262 g/mol. The van der Waals surface area contributed by atoms with Crippen LogP contribution in [0.3, 0.4) is 0 Å². The van der Waals surface area contributed by atoms with Gasteiger partial charge in [-0.15, -0.1) is 0 Å². The predicted octanol–water partition coefficient (Wildman–Crippen LogP) is 1.29. The van der Waals surface area contributed by atoms with Gasteiger partial charge in [-0.1, -0.05) is 36.8 Å². The number of rotatable bonds is 4. The van der Waals surface area contributed by atoms with Gasteiger partial charge in [0.25, 0.3) is 0 Å². The summed E-state index contributed by atoms with van der Waals surface area (Å²) in [6.07, 6.45) is 0.940. The van der Waals surface area contributed by atoms with Crippen LogP contribution in [0.4, 0.5) is 0 Å². The van der Waals surface area contributed by atoms with Gasteiger partial charge < -0.3 is 15.7 Å². The Morgan fingerprint density at radius 1 is 1.47 bits per heavy atom. The quantitative estimate of drug-likeness (QED) is 0.766. The molecule has 1 heterocycles. The first-order valence-corrected chi connectivity index (χ1v) is 6.88. The molecule has 3 unspecified atom stereocenters. The van der Waals surface area contributed by atoms with E-state index in [4.69, 9.17) is 0 Å². The number of β-amino-alcohol motifs (C(OH)–C–C–N with tert-alkyl or cyclic N) is 1. The van der Waals surface area contributed by atoms with Crippen molar-refractivity contribution in [2.45, 2.75) is 44.9 Å². The molecule has 0 bridgehead atoms. The van der Waals surface area contributed by atoms with Gasteiger partial charge in [-0.2, -0.15) is 0 Å². The zero-order valence-corrected chi connectivity index (χ0v) is 11.5. The SMILES string of the molecule is CCC(NC(=O)C1CC(O)CN1)c1ccc(C)cc1. The highest BCUT2D eigenvalue weighted by atomic mass is 16.3. The summed E-state index contributed by atoms with van der Waals surface area (Å²) in [7, 11) is 0. The van der Waals surface area contributed by atoms with E-state index < -0.39 is 6.10 Å². The fourth-order valence-electron chi connectivity index (χ4n) is 2.41. The molecule has 0 radical (unpaired) electrons. The van der Waals surface area contributed by atoms with E-state index in [2.05, 4.69) is 41.8 Å². The number of carbonyl (C=O) groups excluding carboxylic acids is 1. The van der Waals surface area contributed by atoms with Crippen molar-refractivity contribution in [2.24, 2.45) is 0 Å². The highest BCUT2D eigenvalue weighted by Crippen LogP contribution is 2.18. The van der Waals surface area contributed by atoms with E-state index in [9.17, 15) is 9.90 Å². The highest BCUT2D eigenvalue weighted by molar-refractivity contribution is 5.82. The number of amides is 1. The second-order valence-corrected chi connectivity index (χ2v) is 5.23. The van der Waals surface area contributed by atoms with Crippen molar-refractivity contribution in [1.29, 1.82) is 0 Å². The minimum Gasteiger partial charge on any atom is -0.392 e. The van der Waals surface area contributed by atoms with E-state index in [-0.39, 0.29) is 18.0 Å². The minimum atomic E-state index is -0.407. The maximum absolute atomic E-state index is 12.1. The highest BCUT2D eigenvalue weighted by Gasteiger charge is 2.29. The smallest absolute Gasteiger partial charge is 0.237 e. The Morgan fingerprint density at radius 2 is 2.16 bits per heavy atom. The zero-order valence-electron chi connectivity index (χ0n) is 11.5. The fourth-order valence-corrected chi connectivity index (χ4v) is 2.41. The summed E-state index contributed by atoms with van der Waals surface area (Å²) in [5.41, 5.74) is 2.34. The van der Waals surface area contributed by atoms with E-state index >= 15 is 0 Å². The van der Waals surface area contributed by atoms with Crippen molar-refractivity contribution >= 4 is 5.91 Å². The van der Waals surface area contributed by atoms with Crippen LogP contribution in [0.15, 0.2) is 24.3 Å². The molecule has 3 N–H and O–H groups in total. The molecule has 1 aromatic carbocycles. The largest absolute Gasteiger partial charge is 0.392 e. The third-order valence-electron chi connectivity index (χ3n) is 3.63. The summed E-state index contributed by atoms with van der Waals surface area (Å²) in [5, 5.41) is 15.5. The van der Waals surface area contributed by atoms with Crippen LogP contribution in [-0.2, 0) is 4.79 Å². The van der Waals surface area contributed by atoms with Gasteiger partial charge in [-0.05, 0) is 25.3 Å². The molecule has 1 fully saturated rings. The Balaban J connectivity index is 1.99. The van der Waals surface area contributed by atoms with Gasteiger partial charge in [0.15, 0.2) is 0 Å². The Kier molecular flexibility index (Phi) is 4.56. The summed E-state index contributed by atoms with van der Waals surface area (Å²) < 4.78 is 0. The van der Waals surface area contributed by atoms with Gasteiger partial charge in [-0.25, -0.2) is 0 Å². The van der Waals surface area contributed by atoms with Crippen LogP contribution in [0.1, 0.15) is 36.9 Å². The van der Waals surface area contributed by atoms with E-state index in [1.807, 2.05) is 6.92 Å². The number of aryl methyl sites for hydroxylation is 1. The Morgan fingerprint density at radius 3 is 2.68 bits per heavy atom. The van der Waals surface area contributed by atoms with Crippen molar-refractivity contribution in [3.63, 3.8) is 0 Å². The molecule has 4 nitrogen and oxygen atoms in total. The van der Waals surface area contributed by atoms with E-state index in [1.165, 1.54) is 5.56 Å². The number of hydrogen-bond donors (Lipinski definition) is 3. The molecule has 1 aromatic rings. The van der Waals surface area contributed by atoms with Gasteiger partial charge in [-0.3, -0.25) is 4.79 Å². The van der Waals surface area contributed by atoms with Gasteiger partial charge in [0.2, 0.25) is 5.91 Å². The van der Waals surface area contributed by atoms with Crippen LogP contribution in [-0.4, -0.2) is 29.7 Å². The number of hydrogen-bond acceptors (Lipinski definition) is 3. The second-order valence-electron chi connectivity index (χ2n) is 5.23. The monoisotopic (exact) mass is 262 g/mol. The first kappa shape index (κ1) is 14.0. The predicted molar refractivity (Wildman–Crippen MR) is 74.8 cm³/mol. The second kappa shape index (κ2) is 6.17. The molecule has 2 rings (SSSR count). The topological polar surface area (TPSA) is 61.4 Å². The first-order valence-electron chi connectivity index (χ1n) is 6.88. The Hall–Kier alpha value is -1.39. The summed E-state index contributed by atoms with van der Waals surface area (Å²) >= 11 is 0. The summed E-state index contributed by atoms with van der Waals surface area (Å²) in [6, 6.07) is 7.99. The van der Waals surface area contributed by atoms with Crippen molar-refractivity contribution in [2.75, 3.05) is 6.54 Å². The average Bonchev–Trinajstić information content (AvgIpc) is 2.84. The molecular weight excluding hydrogens is 240 g/mol. The number of aliphatic hydroxyl groups is 1. The van der Waals surface area contributed by atoms with E-state index in [0.29, 0.717) is 13.0 Å². The Bertz CT molecular complexity index is 430. The van der Waals surface area contributed by atoms with Crippen molar-refractivity contribution in [1.82, 2.24) is 10.6 Å². The Labute approximate surface area is 114 Å². The summed E-state index contributed by atoms with van der Waals surface area (Å²) in [6.45, 7) is 4.61. The van der Waals surface area contributed by atoms with Crippen LogP contribution in [0.5, 0.6) is 0 Å². The number of aliphatic hydroxyl groups excluding tert-OH is 1. The van der Waals surface area contributed by atoms with Gasteiger partial charge in [0.1, 0.15) is 0 Å². The molecule has 1 amide bonds. The normalized spacial score (nSPS) is 24.2. The lowest BCUT2D eigenvalue weighted by Crippen LogP contribution is -2.41. The van der Waals surface area contributed by atoms with E-state index in [0.717, 1.165) is 12.0 Å². The lowest BCUT2D eigenvalue weighted by molar-refractivity contribution is -0.123. The molecule has 1 aliphatic heterocycles. The standard InChI is InChI=1S/C15H22N2O2/c1-3-13(11-6-4-10(2)5-7-11)17-15(19)14-8-12(18)9-16-14/h4-7,12-14,16,18H,3,8-9H2,1-2H3,(H,17,19). The molecule has 4 heteroatoms. The fraction of sp³-hybridized carbons (Fsp3) is 0.533. The maximum Gasteiger partial charge on any atom is 0.237 e. The summed E-state index contributed by atoms with van der Waals surface area (Å²) in [4.78, 5) is 12.1. The third-order valence-corrected chi connectivity index (χ3v) is 3.63. The van der Waals surface area contributed by atoms with Crippen molar-refractivity contribution in [3.05, 3.63) is 35.4 Å². The van der Waals surface area contributed by atoms with Crippen LogP contribution in [0, 0.1) is 6.92 Å². The summed E-state index contributed by atoms with van der Waals surface area (Å²) in [5.74, 6) is -0.0241. The van der Waals surface area contributed by atoms with Crippen LogP contribution < -0.4 is 10.6 Å². The van der Waals surface area contributed by atoms with E-state index in [1.54, 1.807) is 0 Å². The number of nitrogens with one attached hydrogen (secondary N) is 2. The molecule has 19 heavy (non-hydrogen) atoms. The molecule has 0 saturated carbocycles. The molecule has 3 atom stereocenters. The molecule has 104 valence electrons. The van der Waals surface area contributed by atoms with Gasteiger partial charge in [0, 0.05) is 6.54 Å². The van der Waals surface area contributed by atoms with Gasteiger partial charge in [0.05, 0.1) is 18.2 Å². The van der Waals surface area contributed by atoms with Gasteiger partial charge >= 0.3 is 0 Å². The maximum atomic E-state index is 12.1. The third kappa shape index (κ3) is 3.55. The zero-order chi connectivity index (χ0) is 13.8. The molecule has 0 spiro atoms. The van der Waals surface area contributed by atoms with Crippen molar-refractivity contribution in [3.8, 4) is 0 Å². The number of benzene rings is 1. The molecule has 0 aromatic heterocycles. The lowest BCUT2D eigenvalue weighted by Gasteiger charge is -2.20. The molecule has 1 aliphatic rings. The molecule has 0 aliphatic carbocycles. The molecule has 1 saturated heterocycles. The van der Waals surface area contributed by atoms with Crippen LogP contribution in [0.2, 0.25) is 0 Å². The van der Waals surface area contributed by atoms with Crippen LogP contribution >= 0.6 is 0 Å².